The van der Waals surface area contributed by atoms with E-state index < -0.39 is 5.97 Å². The molecule has 0 saturated heterocycles. The lowest BCUT2D eigenvalue weighted by molar-refractivity contribution is -0.137. The van der Waals surface area contributed by atoms with Crippen LogP contribution in [-0.2, 0) is 18.4 Å². The molecule has 0 fully saturated rings. The van der Waals surface area contributed by atoms with Crippen LogP contribution in [-0.4, -0.2) is 49.9 Å². The van der Waals surface area contributed by atoms with Crippen LogP contribution in [0, 0.1) is 0 Å². The molecule has 0 atom stereocenters. The van der Waals surface area contributed by atoms with Gasteiger partial charge in [0.1, 0.15) is 6.33 Å². The van der Waals surface area contributed by atoms with Crippen LogP contribution in [0.15, 0.2) is 6.33 Å². The monoisotopic (exact) mass is 255 g/mol. The van der Waals surface area contributed by atoms with Crippen molar-refractivity contribution in [3.8, 4) is 0 Å². The van der Waals surface area contributed by atoms with E-state index in [4.69, 9.17) is 5.11 Å². The van der Waals surface area contributed by atoms with Gasteiger partial charge in [-0.3, -0.25) is 9.48 Å². The maximum Gasteiger partial charge on any atom is 0.317 e. The van der Waals surface area contributed by atoms with Crippen LogP contribution >= 0.6 is 0 Å². The van der Waals surface area contributed by atoms with E-state index in [1.165, 1.54) is 4.90 Å². The van der Waals surface area contributed by atoms with Gasteiger partial charge in [-0.2, -0.15) is 5.10 Å². The zero-order valence-electron chi connectivity index (χ0n) is 10.5. The Balaban J connectivity index is 2.39. The second-order valence-corrected chi connectivity index (χ2v) is 3.72. The molecule has 8 nitrogen and oxygen atoms in total. The van der Waals surface area contributed by atoms with Crippen LogP contribution in [0.2, 0.25) is 0 Å². The van der Waals surface area contributed by atoms with Gasteiger partial charge in [0.15, 0.2) is 5.82 Å². The average molecular weight is 255 g/mol. The molecule has 1 aromatic heterocycles. The summed E-state index contributed by atoms with van der Waals surface area (Å²) >= 11 is 0. The van der Waals surface area contributed by atoms with E-state index in [9.17, 15) is 9.59 Å². The van der Waals surface area contributed by atoms with E-state index in [0.717, 1.165) is 0 Å². The van der Waals surface area contributed by atoms with Gasteiger partial charge in [0.05, 0.1) is 13.0 Å². The number of hydrogen-bond donors (Lipinski definition) is 2. The molecule has 2 N–H and O–H groups in total. The molecule has 1 aromatic rings. The first kappa shape index (κ1) is 13.9. The molecule has 0 unspecified atom stereocenters. The van der Waals surface area contributed by atoms with Gasteiger partial charge in [-0.1, -0.05) is 0 Å². The normalized spacial score (nSPS) is 10.1. The third kappa shape index (κ3) is 4.40. The molecule has 1 rings (SSSR count). The van der Waals surface area contributed by atoms with Gasteiger partial charge in [0, 0.05) is 20.1 Å². The fraction of sp³-hybridized carbons (Fsp3) is 0.600. The number of carbonyl (C=O) groups excluding carboxylic acids is 1. The van der Waals surface area contributed by atoms with Crippen LogP contribution in [0.5, 0.6) is 0 Å². The van der Waals surface area contributed by atoms with Crippen molar-refractivity contribution in [2.45, 2.75) is 19.9 Å². The number of nitrogens with one attached hydrogen (secondary N) is 1. The number of aromatic nitrogens is 3. The average Bonchev–Trinajstić information content (AvgIpc) is 2.73. The van der Waals surface area contributed by atoms with Crippen molar-refractivity contribution in [1.29, 1.82) is 0 Å². The molecule has 18 heavy (non-hydrogen) atoms. The zero-order chi connectivity index (χ0) is 13.5. The van der Waals surface area contributed by atoms with Gasteiger partial charge < -0.3 is 15.3 Å². The highest BCUT2D eigenvalue weighted by Crippen LogP contribution is 1.94. The smallest absolute Gasteiger partial charge is 0.317 e. The molecule has 0 aliphatic rings. The van der Waals surface area contributed by atoms with Crippen molar-refractivity contribution in [3.63, 3.8) is 0 Å². The van der Waals surface area contributed by atoms with Gasteiger partial charge in [-0.15, -0.1) is 0 Å². The predicted molar refractivity (Wildman–Crippen MR) is 62.7 cm³/mol. The highest BCUT2D eigenvalue weighted by Gasteiger charge is 2.13. The van der Waals surface area contributed by atoms with Crippen molar-refractivity contribution in [2.75, 3.05) is 13.1 Å². The summed E-state index contributed by atoms with van der Waals surface area (Å²) in [6, 6.07) is -0.314. The summed E-state index contributed by atoms with van der Waals surface area (Å²) in [5.41, 5.74) is 0. The third-order valence-electron chi connectivity index (χ3n) is 2.31. The number of carbonyl (C=O) groups is 2. The predicted octanol–water partition coefficient (Wildman–Crippen LogP) is -0.179. The largest absolute Gasteiger partial charge is 0.481 e. The molecule has 0 saturated carbocycles. The van der Waals surface area contributed by atoms with Crippen molar-refractivity contribution in [3.05, 3.63) is 12.2 Å². The molecule has 0 radical (unpaired) electrons. The Morgan fingerprint density at radius 2 is 2.28 bits per heavy atom. The maximum absolute atomic E-state index is 11.7. The quantitative estimate of drug-likeness (QED) is 0.734. The van der Waals surface area contributed by atoms with Crippen molar-refractivity contribution in [1.82, 2.24) is 25.0 Å². The van der Waals surface area contributed by atoms with Crippen molar-refractivity contribution >= 4 is 12.0 Å². The Labute approximate surface area is 105 Å². The van der Waals surface area contributed by atoms with Crippen LogP contribution in [0.3, 0.4) is 0 Å². The second-order valence-electron chi connectivity index (χ2n) is 3.72. The number of carboxylic acid groups (broad SMARTS) is 1. The Morgan fingerprint density at radius 1 is 1.56 bits per heavy atom. The Bertz CT molecular complexity index is 417. The lowest BCUT2D eigenvalue weighted by atomic mass is 10.4. The number of hydrogen-bond acceptors (Lipinski definition) is 4. The summed E-state index contributed by atoms with van der Waals surface area (Å²) < 4.78 is 1.55. The summed E-state index contributed by atoms with van der Waals surface area (Å²) in [4.78, 5) is 27.6. The molecule has 1 heterocycles. The fourth-order valence-corrected chi connectivity index (χ4v) is 1.37. The molecular weight excluding hydrogens is 238 g/mol. The number of nitrogens with zero attached hydrogens (tertiary/aromatic N) is 4. The van der Waals surface area contributed by atoms with Gasteiger partial charge in [-0.05, 0) is 6.92 Å². The second kappa shape index (κ2) is 6.58. The lowest BCUT2D eigenvalue weighted by Gasteiger charge is -2.19. The highest BCUT2D eigenvalue weighted by atomic mass is 16.4. The zero-order valence-corrected chi connectivity index (χ0v) is 10.5. The molecule has 8 heteroatoms. The summed E-state index contributed by atoms with van der Waals surface area (Å²) in [5.74, 6) is -0.409. The highest BCUT2D eigenvalue weighted by molar-refractivity contribution is 5.75. The topological polar surface area (TPSA) is 100 Å². The SMILES string of the molecule is CCN(CCC(=O)O)C(=O)NCc1ncn(C)n1. The molecule has 0 aromatic carbocycles. The Morgan fingerprint density at radius 3 is 2.78 bits per heavy atom. The van der Waals surface area contributed by atoms with E-state index in [2.05, 4.69) is 15.4 Å². The van der Waals surface area contributed by atoms with Crippen LogP contribution < -0.4 is 5.32 Å². The number of aliphatic carboxylic acids is 1. The number of amides is 2. The standard InChI is InChI=1S/C10H17N5O3/c1-3-15(5-4-9(16)17)10(18)11-6-8-12-7-14(2)13-8/h7H,3-6H2,1-2H3,(H,11,18)(H,16,17). The maximum atomic E-state index is 11.7. The third-order valence-corrected chi connectivity index (χ3v) is 2.31. The van der Waals surface area contributed by atoms with Gasteiger partial charge in [0.2, 0.25) is 0 Å². The molecule has 0 spiro atoms. The molecule has 0 aliphatic heterocycles. The van der Waals surface area contributed by atoms with E-state index >= 15 is 0 Å². The van der Waals surface area contributed by atoms with E-state index in [1.54, 1.807) is 25.0 Å². The molecular formula is C10H17N5O3. The molecule has 0 bridgehead atoms. The molecule has 2 amide bonds. The van der Waals surface area contributed by atoms with Crippen LogP contribution in [0.25, 0.3) is 0 Å². The Hall–Kier alpha value is -2.12. The van der Waals surface area contributed by atoms with Crippen molar-refractivity contribution < 1.29 is 14.7 Å². The number of aryl methyl sites for hydroxylation is 1. The Kier molecular flexibility index (Phi) is 5.09. The minimum absolute atomic E-state index is 0.0664. The number of rotatable bonds is 6. The molecule has 0 aliphatic carbocycles. The first-order valence-corrected chi connectivity index (χ1v) is 5.62. The first-order chi connectivity index (χ1) is 8.52. The minimum atomic E-state index is -0.923. The van der Waals surface area contributed by atoms with Crippen LogP contribution in [0.4, 0.5) is 4.79 Å². The summed E-state index contributed by atoms with van der Waals surface area (Å²) in [6.45, 7) is 2.66. The van der Waals surface area contributed by atoms with Gasteiger partial charge >= 0.3 is 12.0 Å². The number of carboxylic acids is 1. The van der Waals surface area contributed by atoms with Crippen molar-refractivity contribution in [2.24, 2.45) is 7.05 Å². The summed E-state index contributed by atoms with van der Waals surface area (Å²) in [5, 5.41) is 15.2. The molecule has 100 valence electrons. The van der Waals surface area contributed by atoms with E-state index in [0.29, 0.717) is 12.4 Å². The van der Waals surface area contributed by atoms with Crippen LogP contribution in [0.1, 0.15) is 19.2 Å². The lowest BCUT2D eigenvalue weighted by Crippen LogP contribution is -2.40. The minimum Gasteiger partial charge on any atom is -0.481 e. The summed E-state index contributed by atoms with van der Waals surface area (Å²) in [7, 11) is 1.74. The van der Waals surface area contributed by atoms with E-state index in [-0.39, 0.29) is 25.5 Å². The first-order valence-electron chi connectivity index (χ1n) is 5.62. The number of urea groups is 1. The summed E-state index contributed by atoms with van der Waals surface area (Å²) in [6.07, 6.45) is 1.48. The van der Waals surface area contributed by atoms with E-state index in [1.807, 2.05) is 0 Å². The van der Waals surface area contributed by atoms with Gasteiger partial charge in [0.25, 0.3) is 0 Å². The van der Waals surface area contributed by atoms with Gasteiger partial charge in [-0.25, -0.2) is 9.78 Å². The fourth-order valence-electron chi connectivity index (χ4n) is 1.37.